The van der Waals surface area contributed by atoms with Crippen molar-refractivity contribution in [1.82, 2.24) is 5.32 Å². The fourth-order valence-electron chi connectivity index (χ4n) is 6.54. The summed E-state index contributed by atoms with van der Waals surface area (Å²) in [5, 5.41) is 3.75. The first-order valence-electron chi connectivity index (χ1n) is 8.91. The van der Waals surface area contributed by atoms with Gasteiger partial charge in [0.25, 0.3) is 0 Å². The van der Waals surface area contributed by atoms with E-state index in [9.17, 15) is 0 Å². The minimum Gasteiger partial charge on any atom is -0.316 e. The van der Waals surface area contributed by atoms with Gasteiger partial charge in [-0.05, 0) is 86.5 Å². The molecule has 0 aromatic rings. The lowest BCUT2D eigenvalue weighted by molar-refractivity contribution is -0.119. The van der Waals surface area contributed by atoms with E-state index in [4.69, 9.17) is 0 Å². The fraction of sp³-hybridized carbons (Fsp3) is 1.00. The fourth-order valence-corrected chi connectivity index (χ4v) is 6.54. The second-order valence-corrected chi connectivity index (χ2v) is 10.1. The lowest BCUT2D eigenvalue weighted by Gasteiger charge is -2.63. The average Bonchev–Trinajstić information content (AvgIpc) is 2.23. The van der Waals surface area contributed by atoms with Gasteiger partial charge < -0.3 is 5.32 Å². The summed E-state index contributed by atoms with van der Waals surface area (Å²) in [5.41, 5.74) is 1.79. The molecule has 0 aromatic heterocycles. The Morgan fingerprint density at radius 3 is 2.15 bits per heavy atom. The Morgan fingerprint density at radius 2 is 1.70 bits per heavy atom. The molecular formula is C19H35N. The topological polar surface area (TPSA) is 12.0 Å². The van der Waals surface area contributed by atoms with Gasteiger partial charge in [0.2, 0.25) is 0 Å². The maximum Gasteiger partial charge on any atom is 0.0121 e. The molecule has 1 heteroatoms. The smallest absolute Gasteiger partial charge is 0.0121 e. The van der Waals surface area contributed by atoms with Crippen LogP contribution < -0.4 is 5.32 Å². The van der Waals surface area contributed by atoms with Crippen LogP contribution >= 0.6 is 0 Å². The molecule has 1 N–H and O–H groups in total. The van der Waals surface area contributed by atoms with Gasteiger partial charge in [-0.1, -0.05) is 27.7 Å². The van der Waals surface area contributed by atoms with Crippen molar-refractivity contribution < 1.29 is 0 Å². The number of rotatable bonds is 4. The van der Waals surface area contributed by atoms with Crippen LogP contribution in [0, 0.1) is 28.1 Å². The Morgan fingerprint density at radius 1 is 1.10 bits per heavy atom. The van der Waals surface area contributed by atoms with Crippen molar-refractivity contribution in [3.05, 3.63) is 0 Å². The lowest BCUT2D eigenvalue weighted by atomic mass is 9.43. The van der Waals surface area contributed by atoms with E-state index < -0.39 is 0 Å². The first-order chi connectivity index (χ1) is 9.24. The van der Waals surface area contributed by atoms with Crippen molar-refractivity contribution in [3.8, 4) is 0 Å². The van der Waals surface area contributed by atoms with E-state index in [-0.39, 0.29) is 0 Å². The second-order valence-electron chi connectivity index (χ2n) is 10.1. The molecular weight excluding hydrogens is 242 g/mol. The van der Waals surface area contributed by atoms with E-state index >= 15 is 0 Å². The van der Waals surface area contributed by atoms with Crippen LogP contribution in [0.4, 0.5) is 0 Å². The predicted octanol–water partition coefficient (Wildman–Crippen LogP) is 5.01. The standard InChI is InChI=1S/C19H35N/c1-17(2,3)7-6-16(20-5)19-11-14-8-15(12-19)10-18(4,9-14)13-19/h14-16,20H,6-13H2,1-5H3. The third-order valence-electron chi connectivity index (χ3n) is 6.67. The van der Waals surface area contributed by atoms with Crippen LogP contribution in [0.3, 0.4) is 0 Å². The largest absolute Gasteiger partial charge is 0.316 e. The highest BCUT2D eigenvalue weighted by Gasteiger charge is 2.57. The lowest BCUT2D eigenvalue weighted by Crippen LogP contribution is -2.58. The Kier molecular flexibility index (Phi) is 3.52. The average molecular weight is 277 g/mol. The Bertz CT molecular complexity index is 350. The molecule has 0 radical (unpaired) electrons. The number of hydrogen-bond acceptors (Lipinski definition) is 1. The summed E-state index contributed by atoms with van der Waals surface area (Å²) in [4.78, 5) is 0. The molecule has 4 fully saturated rings. The van der Waals surface area contributed by atoms with Crippen molar-refractivity contribution in [3.63, 3.8) is 0 Å². The molecule has 4 aliphatic carbocycles. The van der Waals surface area contributed by atoms with Crippen molar-refractivity contribution in [2.75, 3.05) is 7.05 Å². The predicted molar refractivity (Wildman–Crippen MR) is 86.8 cm³/mol. The quantitative estimate of drug-likeness (QED) is 0.762. The number of nitrogens with one attached hydrogen (secondary N) is 1. The summed E-state index contributed by atoms with van der Waals surface area (Å²) in [7, 11) is 2.22. The van der Waals surface area contributed by atoms with Crippen LogP contribution in [0.2, 0.25) is 0 Å². The summed E-state index contributed by atoms with van der Waals surface area (Å²) >= 11 is 0. The van der Waals surface area contributed by atoms with Gasteiger partial charge in [-0.15, -0.1) is 0 Å². The van der Waals surface area contributed by atoms with Gasteiger partial charge in [-0.2, -0.15) is 0 Å². The number of hydrogen-bond donors (Lipinski definition) is 1. The SMILES string of the molecule is CNC(CCC(C)(C)C)C12CC3CC(CC(C)(C3)C1)C2. The first-order valence-corrected chi connectivity index (χ1v) is 8.91. The third kappa shape index (κ3) is 2.67. The summed E-state index contributed by atoms with van der Waals surface area (Å²) in [6, 6.07) is 0.756. The zero-order chi connectivity index (χ0) is 14.6. The zero-order valence-corrected chi connectivity index (χ0v) is 14.4. The third-order valence-corrected chi connectivity index (χ3v) is 6.67. The minimum atomic E-state index is 0.474. The Hall–Kier alpha value is -0.0400. The molecule has 1 nitrogen and oxygen atoms in total. The van der Waals surface area contributed by atoms with Gasteiger partial charge in [-0.25, -0.2) is 0 Å². The van der Waals surface area contributed by atoms with E-state index in [1.807, 2.05) is 0 Å². The van der Waals surface area contributed by atoms with Crippen molar-refractivity contribution in [1.29, 1.82) is 0 Å². The molecule has 0 amide bonds. The maximum atomic E-state index is 3.75. The van der Waals surface area contributed by atoms with E-state index in [2.05, 4.69) is 40.1 Å². The molecule has 4 aliphatic rings. The van der Waals surface area contributed by atoms with E-state index in [0.717, 1.165) is 17.9 Å². The van der Waals surface area contributed by atoms with Crippen molar-refractivity contribution in [2.24, 2.45) is 28.1 Å². The van der Waals surface area contributed by atoms with Crippen LogP contribution in [-0.2, 0) is 0 Å². The van der Waals surface area contributed by atoms with Gasteiger partial charge in [0.15, 0.2) is 0 Å². The van der Waals surface area contributed by atoms with Crippen LogP contribution in [-0.4, -0.2) is 13.1 Å². The second kappa shape index (κ2) is 4.73. The summed E-state index contributed by atoms with van der Waals surface area (Å²) in [6.07, 6.45) is 11.9. The highest BCUT2D eigenvalue weighted by molar-refractivity contribution is 5.09. The molecule has 4 bridgehead atoms. The van der Waals surface area contributed by atoms with E-state index in [1.165, 1.54) is 44.9 Å². The minimum absolute atomic E-state index is 0.474. The highest BCUT2D eigenvalue weighted by Crippen LogP contribution is 2.66. The van der Waals surface area contributed by atoms with Crippen LogP contribution in [0.15, 0.2) is 0 Å². The molecule has 4 saturated carbocycles. The van der Waals surface area contributed by atoms with Gasteiger partial charge >= 0.3 is 0 Å². The van der Waals surface area contributed by atoms with E-state index in [0.29, 0.717) is 16.2 Å². The van der Waals surface area contributed by atoms with Crippen molar-refractivity contribution in [2.45, 2.75) is 85.1 Å². The Balaban J connectivity index is 1.77. The molecule has 0 spiro atoms. The van der Waals surface area contributed by atoms with Crippen molar-refractivity contribution >= 4 is 0 Å². The van der Waals surface area contributed by atoms with Gasteiger partial charge in [0.1, 0.15) is 0 Å². The molecule has 0 saturated heterocycles. The van der Waals surface area contributed by atoms with Gasteiger partial charge in [-0.3, -0.25) is 0 Å². The Labute approximate surface area is 126 Å². The highest BCUT2D eigenvalue weighted by atomic mass is 14.9. The zero-order valence-electron chi connectivity index (χ0n) is 14.4. The summed E-state index contributed by atoms with van der Waals surface area (Å²) in [6.45, 7) is 9.76. The summed E-state index contributed by atoms with van der Waals surface area (Å²) in [5.74, 6) is 2.10. The normalized spacial score (nSPS) is 44.9. The molecule has 0 aromatic carbocycles. The van der Waals surface area contributed by atoms with Crippen LogP contribution in [0.25, 0.3) is 0 Å². The molecule has 116 valence electrons. The van der Waals surface area contributed by atoms with Gasteiger partial charge in [0.05, 0.1) is 0 Å². The van der Waals surface area contributed by atoms with Crippen LogP contribution in [0.1, 0.15) is 79.1 Å². The molecule has 3 unspecified atom stereocenters. The molecule has 3 atom stereocenters. The monoisotopic (exact) mass is 277 g/mol. The van der Waals surface area contributed by atoms with E-state index in [1.54, 1.807) is 6.42 Å². The molecule has 0 aliphatic heterocycles. The van der Waals surface area contributed by atoms with Gasteiger partial charge in [0, 0.05) is 6.04 Å². The molecule has 4 rings (SSSR count). The maximum absolute atomic E-state index is 3.75. The first kappa shape index (κ1) is 14.9. The summed E-state index contributed by atoms with van der Waals surface area (Å²) < 4.78 is 0. The molecule has 20 heavy (non-hydrogen) atoms. The van der Waals surface area contributed by atoms with Crippen LogP contribution in [0.5, 0.6) is 0 Å². The molecule has 0 heterocycles.